The highest BCUT2D eigenvalue weighted by Crippen LogP contribution is 2.24. The Morgan fingerprint density at radius 1 is 1.09 bits per heavy atom. The molecule has 1 fully saturated rings. The average molecular weight is 316 g/mol. The standard InChI is InChI=1S/C15H14ClN5O/c16-15-11-2-4-21(12(11)1-3-18-15)14-10-17-9-13(19-14)20-5-7-22-8-6-20/h1-4,9-10H,5-8H2. The molecule has 0 aliphatic carbocycles. The van der Waals surface area contributed by atoms with Gasteiger partial charge in [-0.2, -0.15) is 0 Å². The largest absolute Gasteiger partial charge is 0.378 e. The van der Waals surface area contributed by atoms with Gasteiger partial charge in [0.15, 0.2) is 5.82 Å². The summed E-state index contributed by atoms with van der Waals surface area (Å²) in [5, 5.41) is 1.40. The maximum atomic E-state index is 6.13. The van der Waals surface area contributed by atoms with Crippen molar-refractivity contribution in [2.75, 3.05) is 31.2 Å². The molecule has 3 aromatic heterocycles. The smallest absolute Gasteiger partial charge is 0.158 e. The molecule has 6 nitrogen and oxygen atoms in total. The summed E-state index contributed by atoms with van der Waals surface area (Å²) in [6, 6.07) is 3.86. The van der Waals surface area contributed by atoms with Crippen LogP contribution in [0.5, 0.6) is 0 Å². The first-order valence-corrected chi connectivity index (χ1v) is 7.47. The average Bonchev–Trinajstić information content (AvgIpc) is 3.01. The van der Waals surface area contributed by atoms with E-state index in [1.807, 2.05) is 22.9 Å². The number of rotatable bonds is 2. The minimum Gasteiger partial charge on any atom is -0.378 e. The molecule has 0 bridgehead atoms. The van der Waals surface area contributed by atoms with Gasteiger partial charge in [0.25, 0.3) is 0 Å². The first kappa shape index (κ1) is 13.5. The Labute approximate surface area is 132 Å². The number of ether oxygens (including phenoxy) is 1. The molecular formula is C15H14ClN5O. The van der Waals surface area contributed by atoms with Crippen LogP contribution in [0.15, 0.2) is 36.9 Å². The van der Waals surface area contributed by atoms with Crippen molar-refractivity contribution in [1.82, 2.24) is 19.5 Å². The second kappa shape index (κ2) is 5.55. The quantitative estimate of drug-likeness (QED) is 0.679. The van der Waals surface area contributed by atoms with Crippen molar-refractivity contribution < 1.29 is 4.74 Å². The molecule has 22 heavy (non-hydrogen) atoms. The predicted molar refractivity (Wildman–Crippen MR) is 84.7 cm³/mol. The zero-order valence-corrected chi connectivity index (χ0v) is 12.6. The molecule has 3 aromatic rings. The normalized spacial score (nSPS) is 15.4. The van der Waals surface area contributed by atoms with E-state index in [1.165, 1.54) is 0 Å². The predicted octanol–water partition coefficient (Wildman–Crippen LogP) is 2.31. The summed E-state index contributed by atoms with van der Waals surface area (Å²) in [7, 11) is 0. The van der Waals surface area contributed by atoms with Crippen LogP contribution in [0.3, 0.4) is 0 Å². The van der Waals surface area contributed by atoms with Crippen molar-refractivity contribution in [3.05, 3.63) is 42.1 Å². The molecule has 0 amide bonds. The van der Waals surface area contributed by atoms with Gasteiger partial charge in [0.1, 0.15) is 11.0 Å². The molecule has 0 atom stereocenters. The Morgan fingerprint density at radius 3 is 2.77 bits per heavy atom. The third-order valence-corrected chi connectivity index (χ3v) is 4.06. The topological polar surface area (TPSA) is 56.1 Å². The number of aromatic nitrogens is 4. The lowest BCUT2D eigenvalue weighted by atomic mass is 10.3. The van der Waals surface area contributed by atoms with Crippen molar-refractivity contribution >= 4 is 28.3 Å². The molecule has 0 spiro atoms. The second-order valence-electron chi connectivity index (χ2n) is 5.06. The number of pyridine rings is 1. The minimum absolute atomic E-state index is 0.494. The van der Waals surface area contributed by atoms with Crippen LogP contribution in [0.1, 0.15) is 0 Å². The van der Waals surface area contributed by atoms with Crippen LogP contribution in [0, 0.1) is 0 Å². The van der Waals surface area contributed by atoms with Crippen LogP contribution in [0.2, 0.25) is 5.15 Å². The van der Waals surface area contributed by atoms with Gasteiger partial charge >= 0.3 is 0 Å². The second-order valence-corrected chi connectivity index (χ2v) is 5.41. The lowest BCUT2D eigenvalue weighted by Crippen LogP contribution is -2.36. The summed E-state index contributed by atoms with van der Waals surface area (Å²) in [6.07, 6.45) is 7.17. The molecule has 112 valence electrons. The van der Waals surface area contributed by atoms with Gasteiger partial charge in [-0.25, -0.2) is 9.97 Å². The zero-order valence-electron chi connectivity index (χ0n) is 11.8. The summed E-state index contributed by atoms with van der Waals surface area (Å²) < 4.78 is 7.35. The molecule has 4 heterocycles. The van der Waals surface area contributed by atoms with E-state index < -0.39 is 0 Å². The molecule has 0 N–H and O–H groups in total. The van der Waals surface area contributed by atoms with Gasteiger partial charge in [-0.1, -0.05) is 11.6 Å². The Hall–Kier alpha value is -2.18. The van der Waals surface area contributed by atoms with E-state index >= 15 is 0 Å². The zero-order chi connectivity index (χ0) is 14.9. The highest BCUT2D eigenvalue weighted by molar-refractivity contribution is 6.34. The van der Waals surface area contributed by atoms with Gasteiger partial charge in [-0.15, -0.1) is 0 Å². The van der Waals surface area contributed by atoms with E-state index in [-0.39, 0.29) is 0 Å². The minimum atomic E-state index is 0.494. The molecule has 0 radical (unpaired) electrons. The molecule has 0 unspecified atom stereocenters. The number of hydrogen-bond acceptors (Lipinski definition) is 5. The number of nitrogens with zero attached hydrogens (tertiary/aromatic N) is 5. The number of fused-ring (bicyclic) bond motifs is 1. The summed E-state index contributed by atoms with van der Waals surface area (Å²) in [5.41, 5.74) is 0.966. The van der Waals surface area contributed by atoms with Crippen LogP contribution in [0.4, 0.5) is 5.82 Å². The lowest BCUT2D eigenvalue weighted by Gasteiger charge is -2.27. The van der Waals surface area contributed by atoms with E-state index in [0.29, 0.717) is 5.15 Å². The van der Waals surface area contributed by atoms with E-state index in [2.05, 4.69) is 14.9 Å². The first-order chi connectivity index (χ1) is 10.8. The number of halogens is 1. The molecule has 0 saturated carbocycles. The van der Waals surface area contributed by atoms with Gasteiger partial charge in [0.2, 0.25) is 0 Å². The fourth-order valence-electron chi connectivity index (χ4n) is 2.64. The van der Waals surface area contributed by atoms with Gasteiger partial charge < -0.3 is 9.64 Å². The Kier molecular flexibility index (Phi) is 3.40. The third-order valence-electron chi connectivity index (χ3n) is 3.76. The maximum Gasteiger partial charge on any atom is 0.158 e. The third kappa shape index (κ3) is 2.30. The molecule has 1 saturated heterocycles. The number of morpholine rings is 1. The maximum absolute atomic E-state index is 6.13. The van der Waals surface area contributed by atoms with Crippen LogP contribution in [-0.4, -0.2) is 45.8 Å². The molecule has 4 rings (SSSR count). The summed E-state index contributed by atoms with van der Waals surface area (Å²) in [4.78, 5) is 15.3. The van der Waals surface area contributed by atoms with Crippen LogP contribution in [-0.2, 0) is 4.74 Å². The number of anilines is 1. The van der Waals surface area contributed by atoms with Crippen molar-refractivity contribution in [3.63, 3.8) is 0 Å². The summed E-state index contributed by atoms with van der Waals surface area (Å²) in [5.74, 6) is 1.63. The summed E-state index contributed by atoms with van der Waals surface area (Å²) >= 11 is 6.13. The van der Waals surface area contributed by atoms with Gasteiger partial charge in [0.05, 0.1) is 31.1 Å². The lowest BCUT2D eigenvalue weighted by molar-refractivity contribution is 0.122. The Balaban J connectivity index is 1.77. The van der Waals surface area contributed by atoms with Crippen molar-refractivity contribution in [1.29, 1.82) is 0 Å². The first-order valence-electron chi connectivity index (χ1n) is 7.09. The molecule has 7 heteroatoms. The molecule has 0 aromatic carbocycles. The Morgan fingerprint density at radius 2 is 1.91 bits per heavy atom. The van der Waals surface area contributed by atoms with Crippen LogP contribution < -0.4 is 4.90 Å². The highest BCUT2D eigenvalue weighted by Gasteiger charge is 2.14. The summed E-state index contributed by atoms with van der Waals surface area (Å²) in [6.45, 7) is 3.11. The van der Waals surface area contributed by atoms with E-state index in [9.17, 15) is 0 Å². The highest BCUT2D eigenvalue weighted by atomic mass is 35.5. The van der Waals surface area contributed by atoms with Gasteiger partial charge in [-0.3, -0.25) is 9.55 Å². The molecular weight excluding hydrogens is 302 g/mol. The Bertz CT molecular complexity index is 813. The molecule has 1 aliphatic heterocycles. The van der Waals surface area contributed by atoms with E-state index in [1.54, 1.807) is 18.6 Å². The van der Waals surface area contributed by atoms with Crippen molar-refractivity contribution in [2.24, 2.45) is 0 Å². The molecule has 1 aliphatic rings. The fraction of sp³-hybridized carbons (Fsp3) is 0.267. The van der Waals surface area contributed by atoms with Crippen LogP contribution in [0.25, 0.3) is 16.7 Å². The van der Waals surface area contributed by atoms with Gasteiger partial charge in [0, 0.05) is 30.9 Å². The van der Waals surface area contributed by atoms with Crippen molar-refractivity contribution in [2.45, 2.75) is 0 Å². The monoisotopic (exact) mass is 315 g/mol. The van der Waals surface area contributed by atoms with Gasteiger partial charge in [-0.05, 0) is 12.1 Å². The fourth-order valence-corrected chi connectivity index (χ4v) is 2.85. The SMILES string of the molecule is Clc1nccc2c1ccn2-c1cncc(N2CCOCC2)n1. The van der Waals surface area contributed by atoms with Crippen LogP contribution >= 0.6 is 11.6 Å². The van der Waals surface area contributed by atoms with Crippen molar-refractivity contribution in [3.8, 4) is 5.82 Å². The van der Waals surface area contributed by atoms with E-state index in [0.717, 1.165) is 48.8 Å². The number of hydrogen-bond donors (Lipinski definition) is 0. The van der Waals surface area contributed by atoms with E-state index in [4.69, 9.17) is 21.3 Å².